The summed E-state index contributed by atoms with van der Waals surface area (Å²) in [5.74, 6) is -0.687. The monoisotopic (exact) mass is 342 g/mol. The molecule has 2 aromatic rings. The normalized spacial score (nSPS) is 9.24. The molecule has 0 aliphatic heterocycles. The van der Waals surface area contributed by atoms with Crippen LogP contribution in [0.4, 0.5) is 4.39 Å². The van der Waals surface area contributed by atoms with Gasteiger partial charge in [0, 0.05) is 6.08 Å². The van der Waals surface area contributed by atoms with Crippen molar-refractivity contribution in [1.29, 1.82) is 0 Å². The van der Waals surface area contributed by atoms with Crippen LogP contribution in [0.15, 0.2) is 67.3 Å². The number of methoxy groups -OCH3 is 1. The SMILES string of the molecule is C=C(C)C=O.C=CC(=O)Oc1ccc(-c2ccc(OC)cc2)cc1F. The molecule has 0 N–H and O–H groups in total. The van der Waals surface area contributed by atoms with Crippen LogP contribution in [-0.4, -0.2) is 19.4 Å². The largest absolute Gasteiger partial charge is 0.497 e. The van der Waals surface area contributed by atoms with E-state index in [1.165, 1.54) is 12.1 Å². The summed E-state index contributed by atoms with van der Waals surface area (Å²) in [6.45, 7) is 8.22. The maximum Gasteiger partial charge on any atom is 0.335 e. The topological polar surface area (TPSA) is 52.6 Å². The van der Waals surface area contributed by atoms with Crippen LogP contribution < -0.4 is 9.47 Å². The molecule has 0 spiro atoms. The fourth-order valence-electron chi connectivity index (χ4n) is 1.70. The molecule has 0 atom stereocenters. The Hall–Kier alpha value is -3.21. The van der Waals surface area contributed by atoms with Crippen molar-refractivity contribution in [2.75, 3.05) is 7.11 Å². The van der Waals surface area contributed by atoms with E-state index in [2.05, 4.69) is 13.2 Å². The van der Waals surface area contributed by atoms with Crippen LogP contribution in [-0.2, 0) is 9.59 Å². The average Bonchev–Trinajstić information content (AvgIpc) is 2.63. The maximum atomic E-state index is 13.8. The zero-order valence-electron chi connectivity index (χ0n) is 14.1. The van der Waals surface area contributed by atoms with Gasteiger partial charge in [-0.15, -0.1) is 0 Å². The number of hydrogen-bond donors (Lipinski definition) is 0. The van der Waals surface area contributed by atoms with Gasteiger partial charge in [-0.3, -0.25) is 4.79 Å². The second-order valence-electron chi connectivity index (χ2n) is 4.96. The zero-order chi connectivity index (χ0) is 18.8. The van der Waals surface area contributed by atoms with Gasteiger partial charge in [0.05, 0.1) is 7.11 Å². The first-order chi connectivity index (χ1) is 11.9. The van der Waals surface area contributed by atoms with Crippen molar-refractivity contribution in [2.45, 2.75) is 6.92 Å². The summed E-state index contributed by atoms with van der Waals surface area (Å²) >= 11 is 0. The highest BCUT2D eigenvalue weighted by atomic mass is 19.1. The molecule has 2 rings (SSSR count). The predicted octanol–water partition coefficient (Wildman–Crippen LogP) is 4.35. The fraction of sp³-hybridized carbons (Fsp3) is 0.100. The lowest BCUT2D eigenvalue weighted by molar-refractivity contribution is -0.129. The summed E-state index contributed by atoms with van der Waals surface area (Å²) in [4.78, 5) is 20.4. The molecule has 0 aromatic heterocycles. The Bertz CT molecular complexity index is 764. The molecule has 0 amide bonds. The van der Waals surface area contributed by atoms with Crippen molar-refractivity contribution in [3.8, 4) is 22.6 Å². The number of rotatable bonds is 5. The molecule has 0 bridgehead atoms. The van der Waals surface area contributed by atoms with Gasteiger partial charge in [0.2, 0.25) is 0 Å². The molecule has 0 saturated carbocycles. The number of aldehydes is 1. The summed E-state index contributed by atoms with van der Waals surface area (Å²) < 4.78 is 23.7. The number of carbonyl (C=O) groups excluding carboxylic acids is 2. The summed E-state index contributed by atoms with van der Waals surface area (Å²) in [5, 5.41) is 0. The number of benzene rings is 2. The van der Waals surface area contributed by atoms with Gasteiger partial charge in [-0.1, -0.05) is 31.4 Å². The summed E-state index contributed by atoms with van der Waals surface area (Å²) in [6, 6.07) is 11.6. The minimum absolute atomic E-state index is 0.118. The third kappa shape index (κ3) is 6.43. The highest BCUT2D eigenvalue weighted by Gasteiger charge is 2.09. The van der Waals surface area contributed by atoms with Gasteiger partial charge in [-0.25, -0.2) is 9.18 Å². The van der Waals surface area contributed by atoms with Crippen LogP contribution in [0.5, 0.6) is 11.5 Å². The van der Waals surface area contributed by atoms with Gasteiger partial charge in [-0.05, 0) is 47.9 Å². The average molecular weight is 342 g/mol. The molecule has 0 aliphatic carbocycles. The van der Waals surface area contributed by atoms with Crippen molar-refractivity contribution >= 4 is 12.3 Å². The molecule has 0 radical (unpaired) electrons. The van der Waals surface area contributed by atoms with E-state index >= 15 is 0 Å². The molecule has 130 valence electrons. The van der Waals surface area contributed by atoms with Crippen LogP contribution in [0.1, 0.15) is 6.92 Å². The van der Waals surface area contributed by atoms with Crippen molar-refractivity contribution in [3.05, 3.63) is 73.1 Å². The van der Waals surface area contributed by atoms with Gasteiger partial charge in [0.1, 0.15) is 12.0 Å². The Morgan fingerprint density at radius 1 is 1.12 bits per heavy atom. The lowest BCUT2D eigenvalue weighted by Gasteiger charge is -2.07. The second-order valence-corrected chi connectivity index (χ2v) is 4.96. The third-order valence-electron chi connectivity index (χ3n) is 2.93. The standard InChI is InChI=1S/C16H13FO3.C4H6O/c1-3-16(18)20-15-9-6-12(10-14(15)17)11-4-7-13(19-2)8-5-11;1-4(2)3-5/h3-10H,1H2,2H3;3H,1H2,2H3. The molecule has 0 heterocycles. The van der Waals surface area contributed by atoms with Crippen LogP contribution in [0.25, 0.3) is 11.1 Å². The number of halogens is 1. The minimum Gasteiger partial charge on any atom is -0.497 e. The van der Waals surface area contributed by atoms with Gasteiger partial charge >= 0.3 is 5.97 Å². The Morgan fingerprint density at radius 3 is 2.12 bits per heavy atom. The lowest BCUT2D eigenvalue weighted by atomic mass is 10.1. The van der Waals surface area contributed by atoms with E-state index in [4.69, 9.17) is 9.47 Å². The van der Waals surface area contributed by atoms with Crippen molar-refractivity contribution in [3.63, 3.8) is 0 Å². The highest BCUT2D eigenvalue weighted by Crippen LogP contribution is 2.27. The second kappa shape index (κ2) is 9.82. The predicted molar refractivity (Wildman–Crippen MR) is 95.1 cm³/mol. The van der Waals surface area contributed by atoms with Crippen LogP contribution >= 0.6 is 0 Å². The molecular formula is C20H19FO4. The first kappa shape index (κ1) is 19.8. The Kier molecular flexibility index (Phi) is 7.79. The van der Waals surface area contributed by atoms with Gasteiger partial charge in [0.15, 0.2) is 11.6 Å². The summed E-state index contributed by atoms with van der Waals surface area (Å²) in [7, 11) is 1.58. The van der Waals surface area contributed by atoms with Crippen LogP contribution in [0, 0.1) is 5.82 Å². The molecule has 0 saturated heterocycles. The number of ether oxygens (including phenoxy) is 2. The molecule has 4 nitrogen and oxygen atoms in total. The molecule has 5 heteroatoms. The molecule has 0 fully saturated rings. The quantitative estimate of drug-likeness (QED) is 0.351. The van der Waals surface area contributed by atoms with Crippen LogP contribution in [0.2, 0.25) is 0 Å². The molecule has 25 heavy (non-hydrogen) atoms. The molecular weight excluding hydrogens is 323 g/mol. The fourth-order valence-corrected chi connectivity index (χ4v) is 1.70. The first-order valence-corrected chi connectivity index (χ1v) is 7.30. The first-order valence-electron chi connectivity index (χ1n) is 7.30. The summed E-state index contributed by atoms with van der Waals surface area (Å²) in [5.41, 5.74) is 2.10. The van der Waals surface area contributed by atoms with E-state index in [1.807, 2.05) is 12.1 Å². The maximum absolute atomic E-state index is 13.8. The number of esters is 1. The highest BCUT2D eigenvalue weighted by molar-refractivity contribution is 5.83. The van der Waals surface area contributed by atoms with Gasteiger partial charge < -0.3 is 9.47 Å². The Morgan fingerprint density at radius 2 is 1.68 bits per heavy atom. The summed E-state index contributed by atoms with van der Waals surface area (Å²) in [6.07, 6.45) is 1.71. The van der Waals surface area contributed by atoms with E-state index in [9.17, 15) is 14.0 Å². The number of allylic oxidation sites excluding steroid dienone is 1. The Balaban J connectivity index is 0.000000550. The van der Waals surface area contributed by atoms with Gasteiger partial charge in [0.25, 0.3) is 0 Å². The number of carbonyl (C=O) groups is 2. The van der Waals surface area contributed by atoms with Crippen LogP contribution in [0.3, 0.4) is 0 Å². The van der Waals surface area contributed by atoms with Gasteiger partial charge in [-0.2, -0.15) is 0 Å². The van der Waals surface area contributed by atoms with Crippen molar-refractivity contribution in [1.82, 2.24) is 0 Å². The molecule has 0 unspecified atom stereocenters. The molecule has 2 aromatic carbocycles. The smallest absolute Gasteiger partial charge is 0.335 e. The van der Waals surface area contributed by atoms with E-state index in [0.29, 0.717) is 11.1 Å². The lowest BCUT2D eigenvalue weighted by Crippen LogP contribution is -2.04. The molecule has 0 aliphatic rings. The zero-order valence-corrected chi connectivity index (χ0v) is 14.1. The van der Waals surface area contributed by atoms with Crippen molar-refractivity contribution in [2.24, 2.45) is 0 Å². The third-order valence-corrected chi connectivity index (χ3v) is 2.93. The van der Waals surface area contributed by atoms with Crippen molar-refractivity contribution < 1.29 is 23.5 Å². The number of hydrogen-bond acceptors (Lipinski definition) is 4. The van der Waals surface area contributed by atoms with E-state index in [-0.39, 0.29) is 5.75 Å². The van der Waals surface area contributed by atoms with E-state index in [0.717, 1.165) is 23.7 Å². The Labute approximate surface area is 146 Å². The van der Waals surface area contributed by atoms with E-state index in [1.54, 1.807) is 32.2 Å². The van der Waals surface area contributed by atoms with E-state index < -0.39 is 11.8 Å². The minimum atomic E-state index is -0.693.